The highest BCUT2D eigenvalue weighted by Crippen LogP contribution is 2.30. The summed E-state index contributed by atoms with van der Waals surface area (Å²) in [6, 6.07) is 7.79. The minimum Gasteiger partial charge on any atom is -0.394 e. The normalized spacial score (nSPS) is 23.1. The predicted molar refractivity (Wildman–Crippen MR) is 129 cm³/mol. The number of hydroxylamine groups is 2. The number of fused-ring (bicyclic) bond motifs is 1. The molecule has 0 aliphatic carbocycles. The number of aromatic nitrogens is 2. The van der Waals surface area contributed by atoms with Crippen molar-refractivity contribution in [3.63, 3.8) is 0 Å². The van der Waals surface area contributed by atoms with Gasteiger partial charge >= 0.3 is 5.69 Å². The SMILES string of the molecule is O=C1c2ccccc2C(=O)N1OCCCCCCCCOC1[C@@H](CO)O[C@@H](n2ccc(=O)[nH]c2=O)[C@H]1O. The van der Waals surface area contributed by atoms with Gasteiger partial charge in [0.15, 0.2) is 6.23 Å². The van der Waals surface area contributed by atoms with Gasteiger partial charge in [-0.3, -0.25) is 28.8 Å². The van der Waals surface area contributed by atoms with E-state index in [0.29, 0.717) is 24.2 Å². The first-order valence-electron chi connectivity index (χ1n) is 12.4. The van der Waals surface area contributed by atoms with Crippen LogP contribution in [-0.4, -0.2) is 74.8 Å². The van der Waals surface area contributed by atoms with Crippen LogP contribution >= 0.6 is 0 Å². The van der Waals surface area contributed by atoms with Gasteiger partial charge in [-0.15, -0.1) is 5.06 Å². The van der Waals surface area contributed by atoms with Crippen LogP contribution in [0, 0.1) is 0 Å². The summed E-state index contributed by atoms with van der Waals surface area (Å²) in [7, 11) is 0. The van der Waals surface area contributed by atoms with Gasteiger partial charge in [0.25, 0.3) is 17.4 Å². The zero-order valence-corrected chi connectivity index (χ0v) is 20.3. The summed E-state index contributed by atoms with van der Waals surface area (Å²) in [6.45, 7) is 0.229. The molecule has 0 bridgehead atoms. The first-order chi connectivity index (χ1) is 17.9. The molecule has 1 saturated heterocycles. The number of nitrogens with one attached hydrogen (secondary N) is 1. The molecule has 2 amide bonds. The number of imide groups is 1. The zero-order valence-electron chi connectivity index (χ0n) is 20.3. The van der Waals surface area contributed by atoms with Gasteiger partial charge in [0, 0.05) is 18.9 Å². The van der Waals surface area contributed by atoms with Crippen LogP contribution in [0.25, 0.3) is 0 Å². The Labute approximate surface area is 212 Å². The van der Waals surface area contributed by atoms with Gasteiger partial charge < -0.3 is 19.7 Å². The number of amides is 2. The van der Waals surface area contributed by atoms with Gasteiger partial charge in [0.05, 0.1) is 24.3 Å². The third-order valence-electron chi connectivity index (χ3n) is 6.44. The summed E-state index contributed by atoms with van der Waals surface area (Å²) >= 11 is 0. The lowest BCUT2D eigenvalue weighted by molar-refractivity contribution is -0.0923. The van der Waals surface area contributed by atoms with Gasteiger partial charge in [-0.05, 0) is 25.0 Å². The quantitative estimate of drug-likeness (QED) is 0.257. The van der Waals surface area contributed by atoms with Crippen LogP contribution in [0.4, 0.5) is 0 Å². The van der Waals surface area contributed by atoms with Crippen molar-refractivity contribution in [1.29, 1.82) is 0 Å². The van der Waals surface area contributed by atoms with Crippen molar-refractivity contribution < 1.29 is 34.1 Å². The molecule has 0 spiro atoms. The first-order valence-corrected chi connectivity index (χ1v) is 12.4. The van der Waals surface area contributed by atoms with E-state index in [2.05, 4.69) is 4.98 Å². The maximum Gasteiger partial charge on any atom is 0.330 e. The van der Waals surface area contributed by atoms with Gasteiger partial charge in [-0.25, -0.2) is 4.79 Å². The molecule has 12 nitrogen and oxygen atoms in total. The second-order valence-corrected chi connectivity index (χ2v) is 9.00. The number of ether oxygens (including phenoxy) is 2. The Morgan fingerprint density at radius 1 is 0.892 bits per heavy atom. The molecule has 200 valence electrons. The average molecular weight is 518 g/mol. The second kappa shape index (κ2) is 12.4. The fraction of sp³-hybridized carbons (Fsp3) is 0.520. The number of unbranched alkanes of at least 4 members (excludes halogenated alkanes) is 5. The predicted octanol–water partition coefficient (Wildman–Crippen LogP) is 0.741. The Hall–Kier alpha value is -3.16. The Morgan fingerprint density at radius 2 is 1.51 bits per heavy atom. The molecule has 1 fully saturated rings. The number of aromatic amines is 1. The molecule has 2 aliphatic rings. The van der Waals surface area contributed by atoms with Crippen LogP contribution in [0.3, 0.4) is 0 Å². The number of carbonyl (C=O) groups excluding carboxylic acids is 2. The van der Waals surface area contributed by atoms with Crippen LogP contribution in [0.2, 0.25) is 0 Å². The summed E-state index contributed by atoms with van der Waals surface area (Å²) in [5.74, 6) is -0.863. The van der Waals surface area contributed by atoms with E-state index in [-0.39, 0.29) is 13.2 Å². The van der Waals surface area contributed by atoms with E-state index in [1.165, 1.54) is 6.20 Å². The fourth-order valence-corrected chi connectivity index (χ4v) is 4.50. The Morgan fingerprint density at radius 3 is 2.14 bits per heavy atom. The van der Waals surface area contributed by atoms with Crippen LogP contribution in [0.15, 0.2) is 46.1 Å². The number of aliphatic hydroxyl groups is 2. The topological polar surface area (TPSA) is 160 Å². The molecule has 12 heteroatoms. The lowest BCUT2D eigenvalue weighted by Crippen LogP contribution is -2.39. The first kappa shape index (κ1) is 26.9. The molecule has 37 heavy (non-hydrogen) atoms. The number of H-pyrrole nitrogens is 1. The highest BCUT2D eigenvalue weighted by Gasteiger charge is 2.45. The number of aliphatic hydroxyl groups excluding tert-OH is 2. The van der Waals surface area contributed by atoms with Crippen LogP contribution < -0.4 is 11.2 Å². The van der Waals surface area contributed by atoms with Crippen molar-refractivity contribution in [2.24, 2.45) is 0 Å². The van der Waals surface area contributed by atoms with E-state index in [1.54, 1.807) is 24.3 Å². The maximum atomic E-state index is 12.2. The number of nitrogens with zero attached hydrogens (tertiary/aromatic N) is 2. The van der Waals surface area contributed by atoms with E-state index >= 15 is 0 Å². The molecular weight excluding hydrogens is 486 g/mol. The Bertz CT molecular complexity index is 1180. The van der Waals surface area contributed by atoms with Crippen LogP contribution in [-0.2, 0) is 14.3 Å². The summed E-state index contributed by atoms with van der Waals surface area (Å²) in [4.78, 5) is 55.3. The lowest BCUT2D eigenvalue weighted by atomic mass is 10.1. The third kappa shape index (κ3) is 6.05. The minimum absolute atomic E-state index is 0.274. The second-order valence-electron chi connectivity index (χ2n) is 9.00. The molecule has 0 saturated carbocycles. The number of carbonyl (C=O) groups is 2. The van der Waals surface area contributed by atoms with Crippen molar-refractivity contribution in [3.8, 4) is 0 Å². The van der Waals surface area contributed by atoms with E-state index < -0.39 is 47.6 Å². The molecule has 1 unspecified atom stereocenters. The standard InChI is InChI=1S/C25H31N3O9/c29-15-18-21(20(31)24(37-18)27-12-11-19(30)26-25(27)34)35-13-7-3-1-2-4-8-14-36-28-22(32)16-9-5-6-10-17(16)23(28)33/h5-6,9-12,18,20-21,24,29,31H,1-4,7-8,13-15H2,(H,26,30,34)/t18-,20+,21?,24-/m1/s1. The Balaban J connectivity index is 1.09. The van der Waals surface area contributed by atoms with Gasteiger partial charge in [0.1, 0.15) is 18.3 Å². The molecule has 2 aliphatic heterocycles. The number of benzene rings is 1. The molecule has 4 rings (SSSR count). The van der Waals surface area contributed by atoms with Crippen molar-refractivity contribution in [3.05, 3.63) is 68.5 Å². The van der Waals surface area contributed by atoms with Crippen molar-refractivity contribution in [1.82, 2.24) is 14.6 Å². The zero-order chi connectivity index (χ0) is 26.4. The van der Waals surface area contributed by atoms with Crippen molar-refractivity contribution >= 4 is 11.8 Å². The molecule has 1 aromatic heterocycles. The van der Waals surface area contributed by atoms with Gasteiger partial charge in [-0.1, -0.05) is 37.8 Å². The minimum atomic E-state index is -1.19. The molecule has 3 N–H and O–H groups in total. The summed E-state index contributed by atoms with van der Waals surface area (Å²) in [5.41, 5.74) is -0.561. The largest absolute Gasteiger partial charge is 0.394 e. The summed E-state index contributed by atoms with van der Waals surface area (Å²) in [6.07, 6.45) is 2.44. The molecule has 1 aromatic carbocycles. The molecule has 2 aromatic rings. The lowest BCUT2D eigenvalue weighted by Gasteiger charge is -2.20. The van der Waals surface area contributed by atoms with Gasteiger partial charge in [0.2, 0.25) is 0 Å². The van der Waals surface area contributed by atoms with E-state index in [9.17, 15) is 29.4 Å². The maximum absolute atomic E-state index is 12.2. The summed E-state index contributed by atoms with van der Waals surface area (Å²) < 4.78 is 12.4. The monoisotopic (exact) mass is 517 g/mol. The van der Waals surface area contributed by atoms with E-state index in [0.717, 1.165) is 47.8 Å². The number of rotatable bonds is 13. The van der Waals surface area contributed by atoms with E-state index in [1.807, 2.05) is 0 Å². The van der Waals surface area contributed by atoms with Crippen molar-refractivity contribution in [2.75, 3.05) is 19.8 Å². The van der Waals surface area contributed by atoms with E-state index in [4.69, 9.17) is 14.3 Å². The molecular formula is C25H31N3O9. The third-order valence-corrected chi connectivity index (χ3v) is 6.44. The average Bonchev–Trinajstić information content (AvgIpc) is 3.33. The van der Waals surface area contributed by atoms with Crippen LogP contribution in [0.5, 0.6) is 0 Å². The number of hydrogen-bond acceptors (Lipinski definition) is 9. The van der Waals surface area contributed by atoms with Gasteiger partial charge in [-0.2, -0.15) is 0 Å². The number of hydrogen-bond donors (Lipinski definition) is 3. The summed E-state index contributed by atoms with van der Waals surface area (Å²) in [5, 5.41) is 21.1. The fourth-order valence-electron chi connectivity index (χ4n) is 4.50. The molecule has 3 heterocycles. The smallest absolute Gasteiger partial charge is 0.330 e. The molecule has 0 radical (unpaired) electrons. The molecule has 4 atom stereocenters. The highest BCUT2D eigenvalue weighted by molar-refractivity contribution is 6.20. The van der Waals surface area contributed by atoms with Crippen LogP contribution in [0.1, 0.15) is 65.5 Å². The Kier molecular flexibility index (Phi) is 9.00. The highest BCUT2D eigenvalue weighted by atomic mass is 16.7. The van der Waals surface area contributed by atoms with Crippen molar-refractivity contribution in [2.45, 2.75) is 63.1 Å².